The average Bonchev–Trinajstić information content (AvgIpc) is 3.14. The summed E-state index contributed by atoms with van der Waals surface area (Å²) in [5.41, 5.74) is 9.26. The van der Waals surface area contributed by atoms with Gasteiger partial charge in [-0.1, -0.05) is 36.4 Å². The first kappa shape index (κ1) is 18.1. The number of thiazole rings is 1. The summed E-state index contributed by atoms with van der Waals surface area (Å²) < 4.78 is 0. The van der Waals surface area contributed by atoms with E-state index in [0.29, 0.717) is 19.0 Å². The number of nitrogens with one attached hydrogen (secondary N) is 1. The van der Waals surface area contributed by atoms with Crippen molar-refractivity contribution in [1.29, 1.82) is 0 Å². The molecule has 26 heavy (non-hydrogen) atoms. The van der Waals surface area contributed by atoms with Gasteiger partial charge in [0.1, 0.15) is 0 Å². The lowest BCUT2D eigenvalue weighted by Gasteiger charge is -2.04. The van der Waals surface area contributed by atoms with Crippen molar-refractivity contribution < 1.29 is 0 Å². The standard InChI is InChI=1S/C20H23N5S/c21-20(23-13-11-17-8-4-5-12-22-17)24-14-18-15-26-19(25-18)10-9-16-6-2-1-3-7-16/h1-8,12,15H,9-11,13-14H2,(H3,21,23,24). The first-order valence-electron chi connectivity index (χ1n) is 8.70. The molecule has 0 amide bonds. The van der Waals surface area contributed by atoms with Crippen LogP contribution in [0, 0.1) is 0 Å². The number of aryl methyl sites for hydroxylation is 2. The lowest BCUT2D eigenvalue weighted by atomic mass is 10.1. The fourth-order valence-corrected chi connectivity index (χ4v) is 3.31. The third-order valence-electron chi connectivity index (χ3n) is 3.89. The normalized spacial score (nSPS) is 11.5. The van der Waals surface area contributed by atoms with Gasteiger partial charge in [-0.2, -0.15) is 0 Å². The van der Waals surface area contributed by atoms with Gasteiger partial charge in [0.05, 0.1) is 17.2 Å². The maximum Gasteiger partial charge on any atom is 0.188 e. The number of hydrogen-bond acceptors (Lipinski definition) is 4. The molecule has 3 aromatic rings. The summed E-state index contributed by atoms with van der Waals surface area (Å²) in [4.78, 5) is 13.3. The van der Waals surface area contributed by atoms with Crippen LogP contribution < -0.4 is 11.1 Å². The Kier molecular flexibility index (Phi) is 6.73. The van der Waals surface area contributed by atoms with Crippen LogP contribution in [0.5, 0.6) is 0 Å². The molecule has 0 radical (unpaired) electrons. The van der Waals surface area contributed by atoms with E-state index in [4.69, 9.17) is 5.73 Å². The highest BCUT2D eigenvalue weighted by Crippen LogP contribution is 2.13. The molecule has 2 heterocycles. The van der Waals surface area contributed by atoms with Gasteiger partial charge in [0, 0.05) is 36.7 Å². The van der Waals surface area contributed by atoms with Crippen LogP contribution >= 0.6 is 11.3 Å². The van der Waals surface area contributed by atoms with Gasteiger partial charge in [-0.15, -0.1) is 11.3 Å². The lowest BCUT2D eigenvalue weighted by molar-refractivity contribution is 0.824. The number of nitrogens with two attached hydrogens (primary N) is 1. The molecule has 3 N–H and O–H groups in total. The number of rotatable bonds is 8. The van der Waals surface area contributed by atoms with Gasteiger partial charge in [0.2, 0.25) is 0 Å². The van der Waals surface area contributed by atoms with Gasteiger partial charge < -0.3 is 11.1 Å². The summed E-state index contributed by atoms with van der Waals surface area (Å²) in [5.74, 6) is 0.444. The van der Waals surface area contributed by atoms with Crippen molar-refractivity contribution in [3.05, 3.63) is 82.1 Å². The monoisotopic (exact) mass is 365 g/mol. The SMILES string of the molecule is NC(=NCc1csc(CCc2ccccc2)n1)NCCc1ccccn1. The summed E-state index contributed by atoms with van der Waals surface area (Å²) in [6, 6.07) is 16.4. The summed E-state index contributed by atoms with van der Waals surface area (Å²) in [6.07, 6.45) is 4.58. The second-order valence-corrected chi connectivity index (χ2v) is 6.86. The minimum atomic E-state index is 0.444. The number of aliphatic imine (C=N–C) groups is 1. The molecule has 6 heteroatoms. The minimum Gasteiger partial charge on any atom is -0.370 e. The Morgan fingerprint density at radius 2 is 1.85 bits per heavy atom. The van der Waals surface area contributed by atoms with E-state index < -0.39 is 0 Å². The van der Waals surface area contributed by atoms with Crippen molar-refractivity contribution >= 4 is 17.3 Å². The summed E-state index contributed by atoms with van der Waals surface area (Å²) in [6.45, 7) is 1.22. The number of pyridine rings is 1. The number of aromatic nitrogens is 2. The average molecular weight is 366 g/mol. The van der Waals surface area contributed by atoms with Gasteiger partial charge >= 0.3 is 0 Å². The highest BCUT2D eigenvalue weighted by atomic mass is 32.1. The van der Waals surface area contributed by atoms with Gasteiger partial charge in [-0.3, -0.25) is 4.98 Å². The van der Waals surface area contributed by atoms with Crippen LogP contribution in [0.25, 0.3) is 0 Å². The topological polar surface area (TPSA) is 76.2 Å². The second-order valence-electron chi connectivity index (χ2n) is 5.92. The van der Waals surface area contributed by atoms with Crippen LogP contribution in [-0.4, -0.2) is 22.5 Å². The third-order valence-corrected chi connectivity index (χ3v) is 4.85. The Morgan fingerprint density at radius 3 is 2.65 bits per heavy atom. The molecule has 0 aliphatic rings. The van der Waals surface area contributed by atoms with E-state index in [9.17, 15) is 0 Å². The van der Waals surface area contributed by atoms with Crippen LogP contribution in [0.2, 0.25) is 0 Å². The quantitative estimate of drug-likeness (QED) is 0.475. The molecule has 5 nitrogen and oxygen atoms in total. The van der Waals surface area contributed by atoms with E-state index in [0.717, 1.165) is 35.7 Å². The highest BCUT2D eigenvalue weighted by molar-refractivity contribution is 7.09. The molecular weight excluding hydrogens is 342 g/mol. The lowest BCUT2D eigenvalue weighted by Crippen LogP contribution is -2.33. The highest BCUT2D eigenvalue weighted by Gasteiger charge is 2.03. The number of guanidine groups is 1. The van der Waals surface area contributed by atoms with Crippen molar-refractivity contribution in [2.75, 3.05) is 6.54 Å². The first-order valence-corrected chi connectivity index (χ1v) is 9.58. The fraction of sp³-hybridized carbons (Fsp3) is 0.250. The molecule has 0 aliphatic carbocycles. The van der Waals surface area contributed by atoms with Gasteiger partial charge in [0.25, 0.3) is 0 Å². The van der Waals surface area contributed by atoms with Crippen LogP contribution in [0.15, 0.2) is 65.1 Å². The molecule has 134 valence electrons. The van der Waals surface area contributed by atoms with Gasteiger partial charge in [0.15, 0.2) is 5.96 Å². The zero-order chi connectivity index (χ0) is 18.0. The van der Waals surface area contributed by atoms with E-state index in [1.165, 1.54) is 5.56 Å². The number of benzene rings is 1. The maximum absolute atomic E-state index is 5.92. The predicted molar refractivity (Wildman–Crippen MR) is 107 cm³/mol. The molecule has 0 saturated carbocycles. The fourth-order valence-electron chi connectivity index (χ4n) is 2.52. The second kappa shape index (κ2) is 9.68. The Labute approximate surface area is 158 Å². The molecule has 0 spiro atoms. The van der Waals surface area contributed by atoms with E-state index in [2.05, 4.69) is 49.9 Å². The van der Waals surface area contributed by atoms with Crippen molar-refractivity contribution in [3.63, 3.8) is 0 Å². The molecule has 0 fully saturated rings. The number of nitrogens with zero attached hydrogens (tertiary/aromatic N) is 3. The zero-order valence-corrected chi connectivity index (χ0v) is 15.5. The van der Waals surface area contributed by atoms with E-state index in [1.807, 2.05) is 24.3 Å². The molecule has 0 atom stereocenters. The van der Waals surface area contributed by atoms with Crippen LogP contribution in [-0.2, 0) is 25.8 Å². The molecule has 0 unspecified atom stereocenters. The Hall–Kier alpha value is -2.73. The molecule has 1 aromatic carbocycles. The summed E-state index contributed by atoms with van der Waals surface area (Å²) >= 11 is 1.69. The summed E-state index contributed by atoms with van der Waals surface area (Å²) in [5, 5.41) is 6.32. The summed E-state index contributed by atoms with van der Waals surface area (Å²) in [7, 11) is 0. The predicted octanol–water partition coefficient (Wildman–Crippen LogP) is 2.97. The van der Waals surface area contributed by atoms with Gasteiger partial charge in [-0.05, 0) is 24.1 Å². The Morgan fingerprint density at radius 1 is 1.00 bits per heavy atom. The van der Waals surface area contributed by atoms with Gasteiger partial charge in [-0.25, -0.2) is 9.98 Å². The van der Waals surface area contributed by atoms with Crippen molar-refractivity contribution in [2.24, 2.45) is 10.7 Å². The third kappa shape index (κ3) is 5.97. The molecule has 0 aliphatic heterocycles. The molecular formula is C20H23N5S. The van der Waals surface area contributed by atoms with Crippen LogP contribution in [0.1, 0.15) is 22.0 Å². The first-order chi connectivity index (χ1) is 12.8. The van der Waals surface area contributed by atoms with Crippen molar-refractivity contribution in [1.82, 2.24) is 15.3 Å². The largest absolute Gasteiger partial charge is 0.370 e. The van der Waals surface area contributed by atoms with E-state index in [1.54, 1.807) is 17.5 Å². The van der Waals surface area contributed by atoms with Crippen LogP contribution in [0.4, 0.5) is 0 Å². The zero-order valence-electron chi connectivity index (χ0n) is 14.6. The maximum atomic E-state index is 5.92. The molecule has 0 saturated heterocycles. The molecule has 0 bridgehead atoms. The smallest absolute Gasteiger partial charge is 0.188 e. The van der Waals surface area contributed by atoms with Crippen molar-refractivity contribution in [2.45, 2.75) is 25.8 Å². The Balaban J connectivity index is 1.41. The number of hydrogen-bond donors (Lipinski definition) is 2. The minimum absolute atomic E-state index is 0.444. The van der Waals surface area contributed by atoms with Crippen LogP contribution in [0.3, 0.4) is 0 Å². The Bertz CT molecular complexity index is 814. The van der Waals surface area contributed by atoms with Crippen molar-refractivity contribution in [3.8, 4) is 0 Å². The molecule has 2 aromatic heterocycles. The van der Waals surface area contributed by atoms with E-state index in [-0.39, 0.29) is 0 Å². The van der Waals surface area contributed by atoms with E-state index >= 15 is 0 Å². The molecule has 3 rings (SSSR count).